The van der Waals surface area contributed by atoms with Crippen molar-refractivity contribution in [3.63, 3.8) is 0 Å². The highest BCUT2D eigenvalue weighted by atomic mass is 32.2. The van der Waals surface area contributed by atoms with Crippen LogP contribution in [0.15, 0.2) is 81.0 Å². The fraction of sp³-hybridized carbons (Fsp3) is 0.217. The number of rotatable bonds is 5. The third-order valence-electron chi connectivity index (χ3n) is 5.63. The Balaban J connectivity index is 1.39. The molecule has 0 saturated carbocycles. The number of nitrogens with zero attached hydrogens (tertiary/aromatic N) is 1. The predicted molar refractivity (Wildman–Crippen MR) is 116 cm³/mol. The molecule has 1 aliphatic rings. The van der Waals surface area contributed by atoms with E-state index in [0.717, 1.165) is 16.5 Å². The van der Waals surface area contributed by atoms with E-state index < -0.39 is 15.6 Å². The molecule has 2 aromatic carbocycles. The van der Waals surface area contributed by atoms with Gasteiger partial charge >= 0.3 is 5.63 Å². The molecule has 0 unspecified atom stereocenters. The minimum absolute atomic E-state index is 0.000871. The van der Waals surface area contributed by atoms with Crippen LogP contribution in [0.2, 0.25) is 0 Å². The Kier molecular flexibility index (Phi) is 5.05. The van der Waals surface area contributed by atoms with E-state index in [1.54, 1.807) is 12.3 Å². The highest BCUT2D eigenvalue weighted by Crippen LogP contribution is 2.26. The van der Waals surface area contributed by atoms with Crippen LogP contribution in [0.25, 0.3) is 21.9 Å². The van der Waals surface area contributed by atoms with Crippen LogP contribution in [0.3, 0.4) is 0 Å². The number of sulfonamides is 1. The highest BCUT2D eigenvalue weighted by Gasteiger charge is 2.32. The van der Waals surface area contributed by atoms with Crippen molar-refractivity contribution in [3.8, 4) is 0 Å². The maximum absolute atomic E-state index is 13.0. The lowest BCUT2D eigenvalue weighted by molar-refractivity contribution is 0.183. The van der Waals surface area contributed by atoms with Crippen LogP contribution in [0.4, 0.5) is 0 Å². The molecule has 0 amide bonds. The van der Waals surface area contributed by atoms with Gasteiger partial charge in [-0.2, -0.15) is 0 Å². The molecule has 3 heterocycles. The summed E-state index contributed by atoms with van der Waals surface area (Å²) < 4.78 is 39.6. The number of ether oxygens (including phenoxy) is 1. The Morgan fingerprint density at radius 2 is 1.90 bits per heavy atom. The van der Waals surface area contributed by atoms with Gasteiger partial charge in [0.1, 0.15) is 5.58 Å². The summed E-state index contributed by atoms with van der Waals surface area (Å²) in [5.41, 5.74) is 1.90. The molecule has 0 spiro atoms. The molecular weight excluding hydrogens is 416 g/mol. The maximum atomic E-state index is 13.0. The van der Waals surface area contributed by atoms with E-state index >= 15 is 0 Å². The zero-order valence-electron chi connectivity index (χ0n) is 16.5. The number of aromatic nitrogens is 1. The van der Waals surface area contributed by atoms with Crippen molar-refractivity contribution in [2.24, 2.45) is 5.92 Å². The van der Waals surface area contributed by atoms with Gasteiger partial charge in [0.05, 0.1) is 29.7 Å². The first kappa shape index (κ1) is 19.9. The van der Waals surface area contributed by atoms with Crippen molar-refractivity contribution in [3.05, 3.63) is 82.8 Å². The molecule has 1 saturated heterocycles. The minimum Gasteiger partial charge on any atom is -0.423 e. The van der Waals surface area contributed by atoms with E-state index in [0.29, 0.717) is 30.6 Å². The first-order valence-corrected chi connectivity index (χ1v) is 11.4. The molecule has 0 aliphatic carbocycles. The van der Waals surface area contributed by atoms with Gasteiger partial charge in [-0.1, -0.05) is 18.2 Å². The maximum Gasteiger partial charge on any atom is 0.336 e. The number of hydrogen-bond acceptors (Lipinski definition) is 6. The van der Waals surface area contributed by atoms with Gasteiger partial charge in [0.25, 0.3) is 0 Å². The van der Waals surface area contributed by atoms with Gasteiger partial charge in [0.2, 0.25) is 10.0 Å². The van der Waals surface area contributed by atoms with Crippen molar-refractivity contribution in [2.45, 2.75) is 17.4 Å². The SMILES string of the molecule is O=c1ccc2cc(S(=O)(=O)N[C@H]3COC[C@H]3Cc3ccnc4ccccc34)ccc2o1. The molecule has 7 nitrogen and oxygen atoms in total. The van der Waals surface area contributed by atoms with Gasteiger partial charge in [-0.25, -0.2) is 17.9 Å². The lowest BCUT2D eigenvalue weighted by Crippen LogP contribution is -2.40. The standard InChI is InChI=1S/C23H20N2O5S/c26-23-8-5-16-12-18(6-7-22(16)30-23)31(27,28)25-21-14-29-13-17(21)11-15-9-10-24-20-4-2-1-3-19(15)20/h1-10,12,17,21,25H,11,13-14H2/t17-,21+/m1/s1. The monoisotopic (exact) mass is 436 g/mol. The van der Waals surface area contributed by atoms with Crippen molar-refractivity contribution in [1.29, 1.82) is 0 Å². The molecule has 158 valence electrons. The molecule has 1 N–H and O–H groups in total. The summed E-state index contributed by atoms with van der Waals surface area (Å²) in [5, 5.41) is 1.61. The smallest absolute Gasteiger partial charge is 0.336 e. The van der Waals surface area contributed by atoms with E-state index in [-0.39, 0.29) is 16.9 Å². The van der Waals surface area contributed by atoms with E-state index in [9.17, 15) is 13.2 Å². The number of para-hydroxylation sites is 1. The van der Waals surface area contributed by atoms with Gasteiger partial charge < -0.3 is 9.15 Å². The Morgan fingerprint density at radius 3 is 2.81 bits per heavy atom. The predicted octanol–water partition coefficient (Wildman–Crippen LogP) is 2.88. The van der Waals surface area contributed by atoms with Crippen LogP contribution >= 0.6 is 0 Å². The number of pyridine rings is 1. The second-order valence-electron chi connectivity index (χ2n) is 7.67. The van der Waals surface area contributed by atoms with Gasteiger partial charge in [-0.15, -0.1) is 0 Å². The van der Waals surface area contributed by atoms with E-state index in [4.69, 9.17) is 9.15 Å². The molecule has 8 heteroatoms. The Bertz CT molecular complexity index is 1430. The fourth-order valence-electron chi connectivity index (χ4n) is 4.03. The molecular formula is C23H20N2O5S. The number of hydrogen-bond donors (Lipinski definition) is 1. The second-order valence-corrected chi connectivity index (χ2v) is 9.38. The van der Waals surface area contributed by atoms with Crippen molar-refractivity contribution >= 4 is 31.9 Å². The third kappa shape index (κ3) is 3.97. The van der Waals surface area contributed by atoms with Gasteiger partial charge in [0.15, 0.2) is 0 Å². The summed E-state index contributed by atoms with van der Waals surface area (Å²) in [4.78, 5) is 15.9. The van der Waals surface area contributed by atoms with Crippen LogP contribution in [0.1, 0.15) is 5.56 Å². The number of fused-ring (bicyclic) bond motifs is 2. The molecule has 0 radical (unpaired) electrons. The first-order chi connectivity index (χ1) is 15.0. The summed E-state index contributed by atoms with van der Waals surface area (Å²) in [6.07, 6.45) is 2.46. The van der Waals surface area contributed by atoms with Crippen molar-refractivity contribution < 1.29 is 17.6 Å². The zero-order valence-corrected chi connectivity index (χ0v) is 17.3. The van der Waals surface area contributed by atoms with E-state index in [1.165, 1.54) is 24.3 Å². The molecule has 2 aromatic heterocycles. The summed E-state index contributed by atoms with van der Waals surface area (Å²) in [6.45, 7) is 0.794. The molecule has 31 heavy (non-hydrogen) atoms. The van der Waals surface area contributed by atoms with Crippen LogP contribution in [0, 0.1) is 5.92 Å². The van der Waals surface area contributed by atoms with Gasteiger partial charge in [-0.05, 0) is 48.4 Å². The summed E-state index contributed by atoms with van der Waals surface area (Å²) in [7, 11) is -3.78. The lowest BCUT2D eigenvalue weighted by Gasteiger charge is -2.20. The lowest BCUT2D eigenvalue weighted by atomic mass is 9.93. The highest BCUT2D eigenvalue weighted by molar-refractivity contribution is 7.89. The van der Waals surface area contributed by atoms with E-state index in [1.807, 2.05) is 30.3 Å². The molecule has 0 bridgehead atoms. The van der Waals surface area contributed by atoms with Crippen LogP contribution in [-0.4, -0.2) is 32.7 Å². The van der Waals surface area contributed by atoms with Crippen LogP contribution in [-0.2, 0) is 21.2 Å². The topological polar surface area (TPSA) is 98.5 Å². The molecule has 5 rings (SSSR count). The van der Waals surface area contributed by atoms with Crippen molar-refractivity contribution in [2.75, 3.05) is 13.2 Å². The quantitative estimate of drug-likeness (QED) is 0.483. The number of benzene rings is 2. The average molecular weight is 436 g/mol. The number of nitrogens with one attached hydrogen (secondary N) is 1. The van der Waals surface area contributed by atoms with E-state index in [2.05, 4.69) is 9.71 Å². The minimum atomic E-state index is -3.78. The van der Waals surface area contributed by atoms with Crippen molar-refractivity contribution in [1.82, 2.24) is 9.71 Å². The average Bonchev–Trinajstić information content (AvgIpc) is 3.19. The third-order valence-corrected chi connectivity index (χ3v) is 7.12. The Labute approximate surface area is 178 Å². The fourth-order valence-corrected chi connectivity index (χ4v) is 5.35. The van der Waals surface area contributed by atoms with Crippen LogP contribution < -0.4 is 10.3 Å². The normalized spacial score (nSPS) is 19.2. The molecule has 4 aromatic rings. The van der Waals surface area contributed by atoms with Crippen LogP contribution in [0.5, 0.6) is 0 Å². The molecule has 2 atom stereocenters. The summed E-state index contributed by atoms with van der Waals surface area (Å²) in [6, 6.07) is 16.8. The Hall–Kier alpha value is -3.07. The summed E-state index contributed by atoms with van der Waals surface area (Å²) >= 11 is 0. The second kappa shape index (κ2) is 7.88. The Morgan fingerprint density at radius 1 is 1.03 bits per heavy atom. The van der Waals surface area contributed by atoms with Gasteiger partial charge in [0, 0.05) is 29.0 Å². The van der Waals surface area contributed by atoms with Gasteiger partial charge in [-0.3, -0.25) is 4.98 Å². The molecule has 1 fully saturated rings. The molecule has 1 aliphatic heterocycles. The summed E-state index contributed by atoms with van der Waals surface area (Å²) in [5.74, 6) is -0.000871. The zero-order chi connectivity index (χ0) is 21.4. The largest absolute Gasteiger partial charge is 0.423 e. The first-order valence-electron chi connectivity index (χ1n) is 9.96.